The predicted octanol–water partition coefficient (Wildman–Crippen LogP) is 2.09. The third-order valence-corrected chi connectivity index (χ3v) is 3.30. The van der Waals surface area contributed by atoms with Crippen molar-refractivity contribution in [2.24, 2.45) is 0 Å². The maximum Gasteiger partial charge on any atom is 0.223 e. The molecule has 0 spiro atoms. The van der Waals surface area contributed by atoms with Crippen molar-refractivity contribution in [1.82, 2.24) is 9.97 Å². The average molecular weight is 255 g/mol. The molecule has 1 aromatic rings. The van der Waals surface area contributed by atoms with Crippen LogP contribution in [0, 0.1) is 6.92 Å². The summed E-state index contributed by atoms with van der Waals surface area (Å²) in [5.41, 5.74) is 1.99. The first-order valence-corrected chi connectivity index (χ1v) is 7.53. The van der Waals surface area contributed by atoms with Crippen LogP contribution in [0.3, 0.4) is 0 Å². The van der Waals surface area contributed by atoms with Crippen LogP contribution in [0.5, 0.6) is 0 Å². The minimum Gasteiger partial charge on any atom is -0.351 e. The molecule has 0 bridgehead atoms. The van der Waals surface area contributed by atoms with Gasteiger partial charge in [-0.25, -0.2) is 9.97 Å². The lowest BCUT2D eigenvalue weighted by Gasteiger charge is -2.14. The Morgan fingerprint density at radius 2 is 2.00 bits per heavy atom. The van der Waals surface area contributed by atoms with Crippen LogP contribution in [0.25, 0.3) is 0 Å². The molecule has 2 atom stereocenters. The zero-order valence-corrected chi connectivity index (χ0v) is 12.0. The van der Waals surface area contributed by atoms with Crippen LogP contribution in [-0.4, -0.2) is 32.2 Å². The summed E-state index contributed by atoms with van der Waals surface area (Å²) in [5, 5.41) is 3.19. The molecule has 0 saturated heterocycles. The van der Waals surface area contributed by atoms with Crippen molar-refractivity contribution in [3.8, 4) is 0 Å². The lowest BCUT2D eigenvalue weighted by Crippen LogP contribution is -2.24. The molecule has 1 rings (SSSR count). The average Bonchev–Trinajstić information content (AvgIpc) is 2.14. The van der Waals surface area contributed by atoms with Gasteiger partial charge in [0.25, 0.3) is 0 Å². The summed E-state index contributed by atoms with van der Waals surface area (Å²) in [6, 6.07) is 2.11. The van der Waals surface area contributed by atoms with Gasteiger partial charge in [0.05, 0.1) is 0 Å². The van der Waals surface area contributed by atoms with Crippen LogP contribution < -0.4 is 5.32 Å². The topological polar surface area (TPSA) is 54.9 Å². The molecular weight excluding hydrogens is 234 g/mol. The van der Waals surface area contributed by atoms with Gasteiger partial charge in [0, 0.05) is 40.2 Å². The molecule has 96 valence electrons. The number of aryl methyl sites for hydroxylation is 1. The smallest absolute Gasteiger partial charge is 0.223 e. The van der Waals surface area contributed by atoms with Crippen LogP contribution in [0.1, 0.15) is 38.1 Å². The number of hydrogen-bond acceptors (Lipinski definition) is 4. The van der Waals surface area contributed by atoms with Gasteiger partial charge < -0.3 is 5.32 Å². The van der Waals surface area contributed by atoms with E-state index in [1.807, 2.05) is 19.9 Å². The third kappa shape index (κ3) is 4.81. The van der Waals surface area contributed by atoms with E-state index in [0.29, 0.717) is 17.6 Å². The van der Waals surface area contributed by atoms with Gasteiger partial charge in [-0.1, -0.05) is 13.8 Å². The Balaban J connectivity index is 2.80. The third-order valence-electron chi connectivity index (χ3n) is 2.33. The largest absolute Gasteiger partial charge is 0.351 e. The van der Waals surface area contributed by atoms with Crippen LogP contribution in [0.2, 0.25) is 0 Å². The molecule has 0 aliphatic heterocycles. The van der Waals surface area contributed by atoms with E-state index >= 15 is 0 Å². The highest BCUT2D eigenvalue weighted by molar-refractivity contribution is 7.84. The molecule has 4 nitrogen and oxygen atoms in total. The summed E-state index contributed by atoms with van der Waals surface area (Å²) in [4.78, 5) is 8.80. The fourth-order valence-corrected chi connectivity index (χ4v) is 2.35. The van der Waals surface area contributed by atoms with E-state index in [0.717, 1.165) is 11.4 Å². The lowest BCUT2D eigenvalue weighted by atomic mass is 10.1. The zero-order valence-electron chi connectivity index (χ0n) is 11.2. The molecule has 0 radical (unpaired) electrons. The Kier molecular flexibility index (Phi) is 5.05. The van der Waals surface area contributed by atoms with Crippen molar-refractivity contribution < 1.29 is 4.21 Å². The quantitative estimate of drug-likeness (QED) is 0.875. The van der Waals surface area contributed by atoms with Gasteiger partial charge in [-0.2, -0.15) is 0 Å². The van der Waals surface area contributed by atoms with Gasteiger partial charge in [-0.05, 0) is 25.8 Å². The fourth-order valence-electron chi connectivity index (χ4n) is 1.57. The van der Waals surface area contributed by atoms with Gasteiger partial charge in [0.15, 0.2) is 0 Å². The van der Waals surface area contributed by atoms with Crippen LogP contribution >= 0.6 is 0 Å². The Morgan fingerprint density at radius 3 is 2.53 bits per heavy atom. The second kappa shape index (κ2) is 6.10. The number of nitrogens with one attached hydrogen (secondary N) is 1. The Labute approximate surface area is 106 Å². The van der Waals surface area contributed by atoms with Crippen LogP contribution in [0.15, 0.2) is 6.07 Å². The van der Waals surface area contributed by atoms with Gasteiger partial charge in [-0.3, -0.25) is 4.21 Å². The molecule has 2 unspecified atom stereocenters. The van der Waals surface area contributed by atoms with E-state index in [9.17, 15) is 4.21 Å². The molecule has 0 fully saturated rings. The molecule has 1 heterocycles. The molecule has 1 N–H and O–H groups in total. The molecule has 0 aliphatic carbocycles. The van der Waals surface area contributed by atoms with Crippen molar-refractivity contribution in [3.05, 3.63) is 17.5 Å². The maximum atomic E-state index is 11.1. The van der Waals surface area contributed by atoms with Crippen LogP contribution in [-0.2, 0) is 10.8 Å². The maximum absolute atomic E-state index is 11.1. The SMILES string of the molecule is Cc1cc(C(C)C)nc(NC(C)CS(C)=O)n1. The molecule has 5 heteroatoms. The van der Waals surface area contributed by atoms with Crippen LogP contribution in [0.4, 0.5) is 5.95 Å². The van der Waals surface area contributed by atoms with E-state index in [4.69, 9.17) is 0 Å². The monoisotopic (exact) mass is 255 g/mol. The van der Waals surface area contributed by atoms with E-state index in [1.165, 1.54) is 0 Å². The van der Waals surface area contributed by atoms with Gasteiger partial charge in [0.1, 0.15) is 0 Å². The summed E-state index contributed by atoms with van der Waals surface area (Å²) in [5.74, 6) is 1.62. The number of nitrogens with zero attached hydrogens (tertiary/aromatic N) is 2. The summed E-state index contributed by atoms with van der Waals surface area (Å²) in [6.45, 7) is 8.16. The number of anilines is 1. The Bertz CT molecular complexity index is 407. The Hall–Kier alpha value is -0.970. The highest BCUT2D eigenvalue weighted by atomic mass is 32.2. The normalized spacial score (nSPS) is 14.7. The van der Waals surface area contributed by atoms with Crippen molar-refractivity contribution in [2.45, 2.75) is 39.7 Å². The van der Waals surface area contributed by atoms with E-state index < -0.39 is 10.8 Å². The summed E-state index contributed by atoms with van der Waals surface area (Å²) in [7, 11) is -0.807. The molecule has 0 aromatic carbocycles. The minimum absolute atomic E-state index is 0.114. The Morgan fingerprint density at radius 1 is 1.35 bits per heavy atom. The minimum atomic E-state index is -0.807. The number of hydrogen-bond donors (Lipinski definition) is 1. The number of rotatable bonds is 5. The predicted molar refractivity (Wildman–Crippen MR) is 72.9 cm³/mol. The zero-order chi connectivity index (χ0) is 13.0. The lowest BCUT2D eigenvalue weighted by molar-refractivity contribution is 0.682. The van der Waals surface area contributed by atoms with Gasteiger partial charge in [0.2, 0.25) is 5.95 Å². The summed E-state index contributed by atoms with van der Waals surface area (Å²) >= 11 is 0. The molecule has 1 aromatic heterocycles. The summed E-state index contributed by atoms with van der Waals surface area (Å²) in [6.07, 6.45) is 1.70. The molecule has 17 heavy (non-hydrogen) atoms. The van der Waals surface area contributed by atoms with Gasteiger partial charge in [-0.15, -0.1) is 0 Å². The van der Waals surface area contributed by atoms with Crippen molar-refractivity contribution in [1.29, 1.82) is 0 Å². The first-order valence-electron chi connectivity index (χ1n) is 5.80. The molecule has 0 aliphatic rings. The highest BCUT2D eigenvalue weighted by Crippen LogP contribution is 2.14. The first-order chi connectivity index (χ1) is 7.88. The van der Waals surface area contributed by atoms with Crippen molar-refractivity contribution in [3.63, 3.8) is 0 Å². The molecule has 0 amide bonds. The fraction of sp³-hybridized carbons (Fsp3) is 0.667. The van der Waals surface area contributed by atoms with Crippen molar-refractivity contribution >= 4 is 16.7 Å². The second-order valence-corrected chi connectivity index (χ2v) is 6.18. The molecular formula is C12H21N3OS. The number of aromatic nitrogens is 2. The van der Waals surface area contributed by atoms with E-state index in [1.54, 1.807) is 6.26 Å². The first kappa shape index (κ1) is 14.1. The van der Waals surface area contributed by atoms with E-state index in [2.05, 4.69) is 29.1 Å². The summed E-state index contributed by atoms with van der Waals surface area (Å²) < 4.78 is 11.1. The van der Waals surface area contributed by atoms with E-state index in [-0.39, 0.29) is 6.04 Å². The molecule has 0 saturated carbocycles. The second-order valence-electron chi connectivity index (χ2n) is 4.70. The van der Waals surface area contributed by atoms with Crippen molar-refractivity contribution in [2.75, 3.05) is 17.3 Å². The highest BCUT2D eigenvalue weighted by Gasteiger charge is 2.09. The standard InChI is InChI=1S/C12H21N3OS/c1-8(2)11-6-9(3)13-12(15-11)14-10(4)7-17(5)16/h6,8,10H,7H2,1-5H3,(H,13,14,15). The van der Waals surface area contributed by atoms with Gasteiger partial charge >= 0.3 is 0 Å².